The van der Waals surface area contributed by atoms with Crippen LogP contribution in [0.25, 0.3) is 0 Å². The van der Waals surface area contributed by atoms with Gasteiger partial charge in [-0.25, -0.2) is 4.98 Å². The first-order chi connectivity index (χ1) is 16.8. The van der Waals surface area contributed by atoms with Crippen molar-refractivity contribution in [3.63, 3.8) is 0 Å². The minimum absolute atomic E-state index is 0.0312. The summed E-state index contributed by atoms with van der Waals surface area (Å²) in [4.78, 5) is 33.0. The number of aliphatic hydroxyl groups is 1. The quantitative estimate of drug-likeness (QED) is 0.317. The largest absolute Gasteiger partial charge is 0.503 e. The van der Waals surface area contributed by atoms with Gasteiger partial charge in [0.25, 0.3) is 5.91 Å². The maximum Gasteiger partial charge on any atom is 0.296 e. The third-order valence-electron chi connectivity index (χ3n) is 5.54. The fourth-order valence-corrected chi connectivity index (χ4v) is 5.49. The van der Waals surface area contributed by atoms with Crippen LogP contribution in [0.15, 0.2) is 29.5 Å². The van der Waals surface area contributed by atoms with Gasteiger partial charge in [0.05, 0.1) is 40.9 Å². The number of aliphatic hydroxyl groups excluding tert-OH is 1. The fraction of sp³-hybridized carbons (Fsp3) is 0.375. The van der Waals surface area contributed by atoms with E-state index in [0.29, 0.717) is 39.2 Å². The topological polar surface area (TPSA) is 115 Å². The van der Waals surface area contributed by atoms with Crippen molar-refractivity contribution in [3.8, 4) is 11.5 Å². The molecule has 0 spiro atoms. The number of benzene rings is 1. The number of hydrogen-bond acceptors (Lipinski definition) is 10. The van der Waals surface area contributed by atoms with Gasteiger partial charge in [-0.3, -0.25) is 14.5 Å². The van der Waals surface area contributed by atoms with Gasteiger partial charge in [-0.05, 0) is 44.9 Å². The second-order valence-corrected chi connectivity index (χ2v) is 10.4. The van der Waals surface area contributed by atoms with Gasteiger partial charge in [0.15, 0.2) is 17.3 Å². The predicted octanol–water partition coefficient (Wildman–Crippen LogP) is 4.89. The molecule has 1 aliphatic rings. The summed E-state index contributed by atoms with van der Waals surface area (Å²) in [7, 11) is 1.53. The first kappa shape index (κ1) is 24.8. The maximum absolute atomic E-state index is 13.7. The molecule has 0 saturated carbocycles. The molecule has 1 atom stereocenters. The molecule has 1 N–H and O–H groups in total. The smallest absolute Gasteiger partial charge is 0.296 e. The summed E-state index contributed by atoms with van der Waals surface area (Å²) in [5.41, 5.74) is 1.08. The molecule has 35 heavy (non-hydrogen) atoms. The van der Waals surface area contributed by atoms with Crippen molar-refractivity contribution in [2.75, 3.05) is 18.6 Å². The van der Waals surface area contributed by atoms with Gasteiger partial charge in [0.1, 0.15) is 5.01 Å². The van der Waals surface area contributed by atoms with E-state index in [1.807, 2.05) is 0 Å². The number of ketones is 1. The second kappa shape index (κ2) is 10.1. The summed E-state index contributed by atoms with van der Waals surface area (Å²) in [6, 6.07) is 4.30. The number of hydrogen-bond donors (Lipinski definition) is 1. The number of carbonyl (C=O) groups excluding carboxylic acids is 2. The molecule has 1 aromatic carbocycles. The minimum atomic E-state index is -0.928. The molecule has 0 aliphatic carbocycles. The van der Waals surface area contributed by atoms with Crippen LogP contribution in [0.5, 0.6) is 11.5 Å². The van der Waals surface area contributed by atoms with Gasteiger partial charge >= 0.3 is 0 Å². The molecule has 0 bridgehead atoms. The Morgan fingerprint density at radius 3 is 2.51 bits per heavy atom. The van der Waals surface area contributed by atoms with Gasteiger partial charge in [0.2, 0.25) is 10.9 Å². The molecule has 0 fully saturated rings. The van der Waals surface area contributed by atoms with Crippen LogP contribution in [-0.2, 0) is 4.79 Å². The average molecular weight is 515 g/mol. The average Bonchev–Trinajstić information content (AvgIpc) is 3.49. The molecular weight excluding hydrogens is 488 g/mol. The van der Waals surface area contributed by atoms with Crippen LogP contribution < -0.4 is 14.4 Å². The fourth-order valence-electron chi connectivity index (χ4n) is 3.90. The van der Waals surface area contributed by atoms with E-state index >= 15 is 0 Å². The van der Waals surface area contributed by atoms with Crippen molar-refractivity contribution in [2.45, 2.75) is 46.6 Å². The Morgan fingerprint density at radius 1 is 1.14 bits per heavy atom. The summed E-state index contributed by atoms with van der Waals surface area (Å²) >= 11 is 2.43. The zero-order chi connectivity index (χ0) is 25.3. The number of anilines is 1. The summed E-state index contributed by atoms with van der Waals surface area (Å²) in [5, 5.41) is 20.7. The molecule has 1 unspecified atom stereocenters. The van der Waals surface area contributed by atoms with Crippen LogP contribution in [0.3, 0.4) is 0 Å². The number of aryl methyl sites for hydroxylation is 3. The number of nitrogens with zero attached hydrogens (tertiary/aromatic N) is 4. The Bertz CT molecular complexity index is 1310. The van der Waals surface area contributed by atoms with Crippen molar-refractivity contribution in [2.24, 2.45) is 0 Å². The maximum atomic E-state index is 13.7. The summed E-state index contributed by atoms with van der Waals surface area (Å²) in [6.07, 6.45) is 1.89. The van der Waals surface area contributed by atoms with Crippen molar-refractivity contribution in [3.05, 3.63) is 55.7 Å². The number of carbonyl (C=O) groups is 2. The van der Waals surface area contributed by atoms with Crippen LogP contribution in [-0.4, -0.2) is 45.7 Å². The van der Waals surface area contributed by atoms with E-state index in [1.54, 1.807) is 39.0 Å². The number of ether oxygens (including phenoxy) is 2. The Labute approximate surface area is 211 Å². The lowest BCUT2D eigenvalue weighted by molar-refractivity contribution is -0.117. The lowest BCUT2D eigenvalue weighted by Gasteiger charge is -2.24. The third kappa shape index (κ3) is 4.65. The highest BCUT2D eigenvalue weighted by molar-refractivity contribution is 7.15. The van der Waals surface area contributed by atoms with Gasteiger partial charge in [0, 0.05) is 0 Å². The highest BCUT2D eigenvalue weighted by Crippen LogP contribution is 2.45. The van der Waals surface area contributed by atoms with E-state index in [2.05, 4.69) is 22.1 Å². The molecule has 3 aromatic rings. The number of thiazole rings is 1. The number of aromatic nitrogens is 3. The summed E-state index contributed by atoms with van der Waals surface area (Å²) in [6.45, 7) is 7.92. The SMILES string of the molecule is CCCCOc1ccc(C2C(C(=O)c3sc(C)nc3C)=C(O)C(=O)N2c2nnc(C)s2)cc1OC. The third-order valence-corrected chi connectivity index (χ3v) is 7.45. The van der Waals surface area contributed by atoms with Crippen molar-refractivity contribution in [1.82, 2.24) is 15.2 Å². The molecule has 0 radical (unpaired) electrons. The summed E-state index contributed by atoms with van der Waals surface area (Å²) < 4.78 is 11.4. The van der Waals surface area contributed by atoms with Gasteiger partial charge in [-0.1, -0.05) is 30.7 Å². The lowest BCUT2D eigenvalue weighted by Crippen LogP contribution is -2.31. The van der Waals surface area contributed by atoms with E-state index in [0.717, 1.165) is 17.8 Å². The number of amides is 1. The molecule has 184 valence electrons. The Morgan fingerprint density at radius 2 is 1.91 bits per heavy atom. The van der Waals surface area contributed by atoms with Crippen LogP contribution in [0, 0.1) is 20.8 Å². The Balaban J connectivity index is 1.84. The van der Waals surface area contributed by atoms with Crippen molar-refractivity contribution < 1.29 is 24.2 Å². The molecule has 4 rings (SSSR count). The first-order valence-electron chi connectivity index (χ1n) is 11.1. The number of Topliss-reactive ketones (excluding diaryl/α,β-unsaturated/α-hetero) is 1. The highest BCUT2D eigenvalue weighted by Gasteiger charge is 2.46. The zero-order valence-electron chi connectivity index (χ0n) is 20.1. The van der Waals surface area contributed by atoms with Crippen LogP contribution in [0.1, 0.15) is 56.8 Å². The zero-order valence-corrected chi connectivity index (χ0v) is 21.7. The monoisotopic (exact) mass is 514 g/mol. The van der Waals surface area contributed by atoms with Crippen molar-refractivity contribution >= 4 is 39.5 Å². The standard InChI is InChI=1S/C24H26N4O5S2/c1-6-7-10-33-16-9-8-15(11-17(16)32-5)19-18(20(29)22-12(2)25-13(3)34-22)21(30)23(31)28(19)24-27-26-14(4)35-24/h8-9,11,19,30H,6-7,10H2,1-5H3. The minimum Gasteiger partial charge on any atom is -0.503 e. The van der Waals surface area contributed by atoms with E-state index in [-0.39, 0.29) is 10.7 Å². The van der Waals surface area contributed by atoms with Crippen LogP contribution >= 0.6 is 22.7 Å². The molecular formula is C24H26N4O5S2. The van der Waals surface area contributed by atoms with E-state index in [1.165, 1.54) is 34.7 Å². The van der Waals surface area contributed by atoms with Gasteiger partial charge in [-0.15, -0.1) is 21.5 Å². The molecule has 2 aromatic heterocycles. The normalized spacial score (nSPS) is 15.7. The Kier molecular flexibility index (Phi) is 7.18. The first-order valence-corrected chi connectivity index (χ1v) is 12.8. The molecule has 0 saturated heterocycles. The highest BCUT2D eigenvalue weighted by atomic mass is 32.1. The number of methoxy groups -OCH3 is 1. The van der Waals surface area contributed by atoms with Crippen LogP contribution in [0.2, 0.25) is 0 Å². The number of rotatable bonds is 9. The van der Waals surface area contributed by atoms with E-state index in [9.17, 15) is 14.7 Å². The van der Waals surface area contributed by atoms with Crippen LogP contribution in [0.4, 0.5) is 5.13 Å². The molecule has 1 aliphatic heterocycles. The Hall–Kier alpha value is -3.31. The predicted molar refractivity (Wildman–Crippen MR) is 134 cm³/mol. The van der Waals surface area contributed by atoms with Gasteiger partial charge in [-0.2, -0.15) is 0 Å². The van der Waals surface area contributed by atoms with E-state index < -0.39 is 23.5 Å². The second-order valence-electron chi connectivity index (χ2n) is 8.03. The number of unbranched alkanes of at least 4 members (excludes halogenated alkanes) is 1. The molecule has 3 heterocycles. The molecule has 1 amide bonds. The molecule has 11 heteroatoms. The lowest BCUT2D eigenvalue weighted by atomic mass is 9.95. The molecule has 9 nitrogen and oxygen atoms in total. The summed E-state index contributed by atoms with van der Waals surface area (Å²) in [5.74, 6) is -0.754. The van der Waals surface area contributed by atoms with E-state index in [4.69, 9.17) is 9.47 Å². The van der Waals surface area contributed by atoms with Gasteiger partial charge < -0.3 is 14.6 Å². The van der Waals surface area contributed by atoms with Crippen molar-refractivity contribution in [1.29, 1.82) is 0 Å².